The number of hydrogen-bond donors (Lipinski definition) is 1. The summed E-state index contributed by atoms with van der Waals surface area (Å²) in [5.41, 5.74) is -0.544. The van der Waals surface area contributed by atoms with Gasteiger partial charge in [0.05, 0.1) is 11.5 Å². The molecule has 9 heteroatoms. The number of hydrogen-bond acceptors (Lipinski definition) is 3. The molecule has 1 aromatic rings. The zero-order valence-electron chi connectivity index (χ0n) is 14.1. The van der Waals surface area contributed by atoms with E-state index in [2.05, 4.69) is 5.32 Å². The summed E-state index contributed by atoms with van der Waals surface area (Å²) in [6, 6.07) is 4.24. The second kappa shape index (κ2) is 8.26. The lowest BCUT2D eigenvalue weighted by molar-refractivity contribution is -0.137. The largest absolute Gasteiger partial charge is 0.416 e. The van der Waals surface area contributed by atoms with Gasteiger partial charge in [-0.3, -0.25) is 9.59 Å². The highest BCUT2D eigenvalue weighted by atomic mass is 35.5. The Morgan fingerprint density at radius 3 is 2.08 bits per heavy atom. The van der Waals surface area contributed by atoms with Gasteiger partial charge in [-0.1, -0.05) is 0 Å². The highest BCUT2D eigenvalue weighted by Crippen LogP contribution is 2.29. The lowest BCUT2D eigenvalue weighted by Crippen LogP contribution is -2.52. The van der Waals surface area contributed by atoms with Gasteiger partial charge in [0.15, 0.2) is 0 Å². The number of benzene rings is 1. The fourth-order valence-electron chi connectivity index (χ4n) is 3.24. The Hall–Kier alpha value is -1.80. The standard InChI is InChI=1S/C17H20F3N3O2.ClH/c18-17(19,20)14-3-1-12(2-4-14)15(24)22-7-9-23(10-8-22)16(25)13-5-6-21-11-13;/h1-4,13,21H,5-11H2;1H. The lowest BCUT2D eigenvalue weighted by atomic mass is 10.1. The van der Waals surface area contributed by atoms with Crippen LogP contribution in [-0.2, 0) is 11.0 Å². The molecule has 0 aliphatic carbocycles. The van der Waals surface area contributed by atoms with Crippen LogP contribution in [0.25, 0.3) is 0 Å². The first kappa shape index (κ1) is 20.5. The lowest BCUT2D eigenvalue weighted by Gasteiger charge is -2.36. The molecule has 1 aromatic carbocycles. The van der Waals surface area contributed by atoms with Crippen LogP contribution in [0.5, 0.6) is 0 Å². The first-order valence-electron chi connectivity index (χ1n) is 8.32. The van der Waals surface area contributed by atoms with Gasteiger partial charge >= 0.3 is 6.18 Å². The number of halogens is 4. The van der Waals surface area contributed by atoms with Gasteiger partial charge < -0.3 is 15.1 Å². The predicted octanol–water partition coefficient (Wildman–Crippen LogP) is 2.02. The summed E-state index contributed by atoms with van der Waals surface area (Å²) in [4.78, 5) is 28.1. The third kappa shape index (κ3) is 4.48. The number of nitrogens with one attached hydrogen (secondary N) is 1. The summed E-state index contributed by atoms with van der Waals surface area (Å²) in [5.74, 6) is -0.174. The molecule has 1 unspecified atom stereocenters. The summed E-state index contributed by atoms with van der Waals surface area (Å²) >= 11 is 0. The molecule has 2 fully saturated rings. The Morgan fingerprint density at radius 2 is 1.58 bits per heavy atom. The number of carbonyl (C=O) groups is 2. The maximum absolute atomic E-state index is 12.6. The Bertz CT molecular complexity index is 638. The Balaban J connectivity index is 0.00000243. The van der Waals surface area contributed by atoms with Crippen molar-refractivity contribution in [1.82, 2.24) is 15.1 Å². The van der Waals surface area contributed by atoms with Crippen LogP contribution in [0.3, 0.4) is 0 Å². The molecule has 0 saturated carbocycles. The minimum Gasteiger partial charge on any atom is -0.339 e. The zero-order valence-corrected chi connectivity index (χ0v) is 14.9. The summed E-state index contributed by atoms with van der Waals surface area (Å²) < 4.78 is 37.8. The average molecular weight is 392 g/mol. The molecule has 1 atom stereocenters. The third-order valence-electron chi connectivity index (χ3n) is 4.75. The molecule has 0 spiro atoms. The first-order valence-corrected chi connectivity index (χ1v) is 8.32. The summed E-state index contributed by atoms with van der Waals surface area (Å²) in [5, 5.41) is 3.16. The van der Waals surface area contributed by atoms with E-state index in [9.17, 15) is 22.8 Å². The molecule has 0 radical (unpaired) electrons. The minimum atomic E-state index is -4.41. The van der Waals surface area contributed by atoms with Gasteiger partial charge in [0, 0.05) is 38.3 Å². The van der Waals surface area contributed by atoms with E-state index < -0.39 is 11.7 Å². The van der Waals surface area contributed by atoms with Crippen molar-refractivity contribution >= 4 is 24.2 Å². The summed E-state index contributed by atoms with van der Waals surface area (Å²) in [6.45, 7) is 3.26. The van der Waals surface area contributed by atoms with Crippen molar-refractivity contribution in [2.45, 2.75) is 12.6 Å². The third-order valence-corrected chi connectivity index (χ3v) is 4.75. The Labute approximate surface area is 155 Å². The quantitative estimate of drug-likeness (QED) is 0.839. The highest BCUT2D eigenvalue weighted by Gasteiger charge is 2.32. The zero-order chi connectivity index (χ0) is 18.0. The van der Waals surface area contributed by atoms with E-state index in [0.29, 0.717) is 32.7 Å². The van der Waals surface area contributed by atoms with Crippen molar-refractivity contribution < 1.29 is 22.8 Å². The smallest absolute Gasteiger partial charge is 0.339 e. The fraction of sp³-hybridized carbons (Fsp3) is 0.529. The second-order valence-electron chi connectivity index (χ2n) is 6.38. The van der Waals surface area contributed by atoms with Gasteiger partial charge in [-0.25, -0.2) is 0 Å². The number of alkyl halides is 3. The van der Waals surface area contributed by atoms with Crippen LogP contribution in [-0.4, -0.2) is 60.9 Å². The molecule has 5 nitrogen and oxygen atoms in total. The summed E-state index contributed by atoms with van der Waals surface area (Å²) in [6.07, 6.45) is -3.58. The molecule has 2 saturated heterocycles. The molecular formula is C17H21ClF3N3O2. The number of nitrogens with zero attached hydrogens (tertiary/aromatic N) is 2. The van der Waals surface area contributed by atoms with Crippen molar-refractivity contribution in [3.63, 3.8) is 0 Å². The minimum absolute atomic E-state index is 0. The van der Waals surface area contributed by atoms with Crippen molar-refractivity contribution in [2.75, 3.05) is 39.3 Å². The van der Waals surface area contributed by atoms with Crippen molar-refractivity contribution in [3.8, 4) is 0 Å². The normalized spacial score (nSPS) is 20.7. The molecule has 144 valence electrons. The molecule has 2 amide bonds. The topological polar surface area (TPSA) is 52.7 Å². The Morgan fingerprint density at radius 1 is 1.00 bits per heavy atom. The molecule has 3 rings (SSSR count). The van der Waals surface area contributed by atoms with Crippen LogP contribution in [0.1, 0.15) is 22.3 Å². The first-order chi connectivity index (χ1) is 11.9. The van der Waals surface area contributed by atoms with Gasteiger partial charge in [0.25, 0.3) is 5.91 Å². The van der Waals surface area contributed by atoms with Crippen LogP contribution >= 0.6 is 12.4 Å². The van der Waals surface area contributed by atoms with E-state index in [0.717, 1.165) is 25.1 Å². The maximum Gasteiger partial charge on any atom is 0.416 e. The van der Waals surface area contributed by atoms with E-state index in [1.54, 1.807) is 9.80 Å². The fourth-order valence-corrected chi connectivity index (χ4v) is 3.24. The monoisotopic (exact) mass is 391 g/mol. The van der Waals surface area contributed by atoms with E-state index >= 15 is 0 Å². The molecule has 2 heterocycles. The van der Waals surface area contributed by atoms with E-state index in [1.807, 2.05) is 0 Å². The van der Waals surface area contributed by atoms with Crippen molar-refractivity contribution in [1.29, 1.82) is 0 Å². The molecule has 2 aliphatic heterocycles. The van der Waals surface area contributed by atoms with Crippen LogP contribution in [0.15, 0.2) is 24.3 Å². The molecule has 0 aromatic heterocycles. The van der Waals surface area contributed by atoms with Gasteiger partial charge in [-0.2, -0.15) is 13.2 Å². The van der Waals surface area contributed by atoms with Gasteiger partial charge in [-0.15, -0.1) is 12.4 Å². The number of amides is 2. The van der Waals surface area contributed by atoms with Crippen molar-refractivity contribution in [2.24, 2.45) is 5.92 Å². The van der Waals surface area contributed by atoms with Gasteiger partial charge in [-0.05, 0) is 37.2 Å². The number of carbonyl (C=O) groups excluding carboxylic acids is 2. The summed E-state index contributed by atoms with van der Waals surface area (Å²) in [7, 11) is 0. The Kier molecular flexibility index (Phi) is 6.52. The predicted molar refractivity (Wildman–Crippen MR) is 92.2 cm³/mol. The van der Waals surface area contributed by atoms with E-state index in [4.69, 9.17) is 0 Å². The molecule has 1 N–H and O–H groups in total. The second-order valence-corrected chi connectivity index (χ2v) is 6.38. The molecular weight excluding hydrogens is 371 g/mol. The van der Waals surface area contributed by atoms with Crippen LogP contribution in [0, 0.1) is 5.92 Å². The molecule has 0 bridgehead atoms. The highest BCUT2D eigenvalue weighted by molar-refractivity contribution is 5.94. The molecule has 2 aliphatic rings. The van der Waals surface area contributed by atoms with Crippen LogP contribution < -0.4 is 5.32 Å². The van der Waals surface area contributed by atoms with Gasteiger partial charge in [0.2, 0.25) is 5.91 Å². The van der Waals surface area contributed by atoms with Crippen molar-refractivity contribution in [3.05, 3.63) is 35.4 Å². The van der Waals surface area contributed by atoms with Crippen LogP contribution in [0.4, 0.5) is 13.2 Å². The van der Waals surface area contributed by atoms with Crippen LogP contribution in [0.2, 0.25) is 0 Å². The van der Waals surface area contributed by atoms with Gasteiger partial charge in [0.1, 0.15) is 0 Å². The van der Waals surface area contributed by atoms with E-state index in [-0.39, 0.29) is 35.7 Å². The number of piperazine rings is 1. The SMILES string of the molecule is Cl.O=C(c1ccc(C(F)(F)F)cc1)N1CCN(C(=O)C2CCNC2)CC1. The molecule has 26 heavy (non-hydrogen) atoms. The average Bonchev–Trinajstić information content (AvgIpc) is 3.14. The maximum atomic E-state index is 12.6. The van der Waals surface area contributed by atoms with E-state index in [1.165, 1.54) is 12.1 Å². The number of rotatable bonds is 2.